The van der Waals surface area contributed by atoms with Crippen LogP contribution < -0.4 is 9.64 Å². The molecule has 1 aliphatic carbocycles. The first-order chi connectivity index (χ1) is 12.9. The molecule has 1 aliphatic rings. The second-order valence-corrected chi connectivity index (χ2v) is 6.77. The number of ether oxygens (including phenoxy) is 1. The number of para-hydroxylation sites is 1. The van der Waals surface area contributed by atoms with Crippen LogP contribution in [0.5, 0.6) is 6.01 Å². The summed E-state index contributed by atoms with van der Waals surface area (Å²) in [6, 6.07) is 7.60. The van der Waals surface area contributed by atoms with E-state index in [1.165, 1.54) is 11.3 Å². The van der Waals surface area contributed by atoms with E-state index in [9.17, 15) is 13.2 Å². The molecule has 0 bridgehead atoms. The highest BCUT2D eigenvalue weighted by atomic mass is 19.4. The second kappa shape index (κ2) is 8.15. The summed E-state index contributed by atoms with van der Waals surface area (Å²) in [4.78, 5) is 9.28. The number of nitrogens with zero attached hydrogens (tertiary/aromatic N) is 3. The van der Waals surface area contributed by atoms with Gasteiger partial charge in [-0.2, -0.15) is 18.2 Å². The van der Waals surface area contributed by atoms with Gasteiger partial charge in [-0.25, -0.2) is 4.98 Å². The SMILES string of the molecule is CCOc1ncc(C(F)(F)F)c(N(C)c2ccccc2C2CCCCC2)n1. The Balaban J connectivity index is 2.05. The molecule has 7 heteroatoms. The summed E-state index contributed by atoms with van der Waals surface area (Å²) in [7, 11) is 1.62. The standard InChI is InChI=1S/C20H24F3N3O/c1-3-27-19-24-13-16(20(21,22)23)18(25-19)26(2)17-12-8-7-11-15(17)14-9-5-4-6-10-14/h7-8,11-14H,3-6,9-10H2,1-2H3. The monoisotopic (exact) mass is 379 g/mol. The number of hydrogen-bond donors (Lipinski definition) is 0. The van der Waals surface area contributed by atoms with Crippen LogP contribution >= 0.6 is 0 Å². The third-order valence-electron chi connectivity index (χ3n) is 4.99. The van der Waals surface area contributed by atoms with E-state index >= 15 is 0 Å². The number of anilines is 2. The van der Waals surface area contributed by atoms with Gasteiger partial charge in [-0.15, -0.1) is 0 Å². The van der Waals surface area contributed by atoms with Crippen molar-refractivity contribution in [1.82, 2.24) is 9.97 Å². The maximum atomic E-state index is 13.5. The Hall–Kier alpha value is -2.31. The third-order valence-corrected chi connectivity index (χ3v) is 4.99. The van der Waals surface area contributed by atoms with Gasteiger partial charge in [0, 0.05) is 18.9 Å². The molecule has 1 saturated carbocycles. The number of halogens is 3. The molecule has 0 amide bonds. The van der Waals surface area contributed by atoms with Crippen LogP contribution in [0, 0.1) is 0 Å². The van der Waals surface area contributed by atoms with E-state index in [4.69, 9.17) is 4.74 Å². The van der Waals surface area contributed by atoms with Gasteiger partial charge >= 0.3 is 12.2 Å². The van der Waals surface area contributed by atoms with Gasteiger partial charge in [0.05, 0.1) is 6.61 Å². The van der Waals surface area contributed by atoms with Crippen molar-refractivity contribution in [3.05, 3.63) is 41.6 Å². The van der Waals surface area contributed by atoms with Crippen LogP contribution in [0.1, 0.15) is 56.1 Å². The van der Waals surface area contributed by atoms with Crippen molar-refractivity contribution in [3.63, 3.8) is 0 Å². The van der Waals surface area contributed by atoms with Crippen LogP contribution in [0.2, 0.25) is 0 Å². The molecular formula is C20H24F3N3O. The van der Waals surface area contributed by atoms with E-state index in [0.717, 1.165) is 43.1 Å². The summed E-state index contributed by atoms with van der Waals surface area (Å²) >= 11 is 0. The Morgan fingerprint density at radius 2 is 1.85 bits per heavy atom. The van der Waals surface area contributed by atoms with Gasteiger partial charge in [0.25, 0.3) is 0 Å². The van der Waals surface area contributed by atoms with E-state index < -0.39 is 11.7 Å². The fraction of sp³-hybridized carbons (Fsp3) is 0.500. The summed E-state index contributed by atoms with van der Waals surface area (Å²) in [6.07, 6.45) is 1.89. The van der Waals surface area contributed by atoms with Crippen molar-refractivity contribution in [2.75, 3.05) is 18.6 Å². The first-order valence-corrected chi connectivity index (χ1v) is 9.31. The van der Waals surface area contributed by atoms with Crippen molar-refractivity contribution < 1.29 is 17.9 Å². The largest absolute Gasteiger partial charge is 0.464 e. The van der Waals surface area contributed by atoms with Crippen molar-refractivity contribution in [2.45, 2.75) is 51.1 Å². The third kappa shape index (κ3) is 4.34. The highest BCUT2D eigenvalue weighted by Crippen LogP contribution is 2.42. The molecule has 0 saturated heterocycles. The van der Waals surface area contributed by atoms with E-state index in [1.807, 2.05) is 24.3 Å². The summed E-state index contributed by atoms with van der Waals surface area (Å²) in [6.45, 7) is 2.02. The fourth-order valence-corrected chi connectivity index (χ4v) is 3.68. The molecule has 1 aromatic heterocycles. The van der Waals surface area contributed by atoms with Crippen LogP contribution in [0.15, 0.2) is 30.5 Å². The normalized spacial score (nSPS) is 15.6. The molecule has 3 rings (SSSR count). The van der Waals surface area contributed by atoms with Gasteiger partial charge in [0.1, 0.15) is 5.56 Å². The molecule has 0 aliphatic heterocycles. The highest BCUT2D eigenvalue weighted by molar-refractivity contribution is 5.66. The Kier molecular flexibility index (Phi) is 5.87. The average Bonchev–Trinajstić information content (AvgIpc) is 2.67. The summed E-state index contributed by atoms with van der Waals surface area (Å²) in [5.41, 5.74) is 0.951. The molecule has 1 heterocycles. The minimum atomic E-state index is -4.55. The van der Waals surface area contributed by atoms with E-state index in [1.54, 1.807) is 14.0 Å². The molecule has 0 N–H and O–H groups in total. The Morgan fingerprint density at radius 1 is 1.15 bits per heavy atom. The van der Waals surface area contributed by atoms with Gasteiger partial charge in [0.15, 0.2) is 5.82 Å². The van der Waals surface area contributed by atoms with Crippen LogP contribution in [0.25, 0.3) is 0 Å². The van der Waals surface area contributed by atoms with Crippen LogP contribution in [-0.4, -0.2) is 23.6 Å². The zero-order valence-electron chi connectivity index (χ0n) is 15.6. The lowest BCUT2D eigenvalue weighted by atomic mass is 9.83. The zero-order valence-corrected chi connectivity index (χ0v) is 15.6. The van der Waals surface area contributed by atoms with E-state index in [0.29, 0.717) is 5.92 Å². The first kappa shape index (κ1) is 19.5. The molecule has 4 nitrogen and oxygen atoms in total. The maximum Gasteiger partial charge on any atom is 0.421 e. The van der Waals surface area contributed by atoms with Crippen LogP contribution in [-0.2, 0) is 6.18 Å². The van der Waals surface area contributed by atoms with E-state index in [2.05, 4.69) is 9.97 Å². The molecule has 0 unspecified atom stereocenters. The molecule has 1 fully saturated rings. The molecule has 146 valence electrons. The number of hydrogen-bond acceptors (Lipinski definition) is 4. The summed E-state index contributed by atoms with van der Waals surface area (Å²) in [5, 5.41) is 0. The van der Waals surface area contributed by atoms with Crippen LogP contribution in [0.3, 0.4) is 0 Å². The lowest BCUT2D eigenvalue weighted by molar-refractivity contribution is -0.137. The van der Waals surface area contributed by atoms with Crippen molar-refractivity contribution >= 4 is 11.5 Å². The molecule has 0 atom stereocenters. The minimum Gasteiger partial charge on any atom is -0.464 e. The minimum absolute atomic E-state index is 0.0532. The fourth-order valence-electron chi connectivity index (χ4n) is 3.68. The van der Waals surface area contributed by atoms with Crippen molar-refractivity contribution in [3.8, 4) is 6.01 Å². The molecular weight excluding hydrogens is 355 g/mol. The van der Waals surface area contributed by atoms with Gasteiger partial charge in [-0.1, -0.05) is 37.5 Å². The number of aromatic nitrogens is 2. The Bertz CT molecular complexity index is 773. The zero-order chi connectivity index (χ0) is 19.4. The van der Waals surface area contributed by atoms with Crippen molar-refractivity contribution in [1.29, 1.82) is 0 Å². The van der Waals surface area contributed by atoms with E-state index in [-0.39, 0.29) is 18.4 Å². The number of benzene rings is 1. The first-order valence-electron chi connectivity index (χ1n) is 9.31. The summed E-state index contributed by atoms with van der Waals surface area (Å²) in [5.74, 6) is 0.171. The van der Waals surface area contributed by atoms with Crippen molar-refractivity contribution in [2.24, 2.45) is 0 Å². The predicted molar refractivity (Wildman–Crippen MR) is 98.5 cm³/mol. The second-order valence-electron chi connectivity index (χ2n) is 6.77. The smallest absolute Gasteiger partial charge is 0.421 e. The van der Waals surface area contributed by atoms with Gasteiger partial charge in [-0.05, 0) is 37.3 Å². The van der Waals surface area contributed by atoms with Gasteiger partial charge in [-0.3, -0.25) is 0 Å². The molecule has 1 aromatic carbocycles. The molecule has 0 spiro atoms. The average molecular weight is 379 g/mol. The number of rotatable bonds is 5. The predicted octanol–water partition coefficient (Wildman–Crippen LogP) is 5.71. The summed E-state index contributed by atoms with van der Waals surface area (Å²) < 4.78 is 45.9. The lowest BCUT2D eigenvalue weighted by Crippen LogP contribution is -2.21. The maximum absolute atomic E-state index is 13.5. The molecule has 27 heavy (non-hydrogen) atoms. The van der Waals surface area contributed by atoms with Gasteiger partial charge in [0.2, 0.25) is 0 Å². The van der Waals surface area contributed by atoms with Crippen LogP contribution in [0.4, 0.5) is 24.7 Å². The van der Waals surface area contributed by atoms with Gasteiger partial charge < -0.3 is 9.64 Å². The lowest BCUT2D eigenvalue weighted by Gasteiger charge is -2.29. The molecule has 2 aromatic rings. The topological polar surface area (TPSA) is 38.2 Å². The Morgan fingerprint density at radius 3 is 2.52 bits per heavy atom. The molecule has 0 radical (unpaired) electrons. The Labute approximate surface area is 157 Å². The number of alkyl halides is 3. The quantitative estimate of drug-likeness (QED) is 0.667. The highest BCUT2D eigenvalue weighted by Gasteiger charge is 2.37.